The van der Waals surface area contributed by atoms with Crippen LogP contribution >= 0.6 is 11.8 Å². The lowest BCUT2D eigenvalue weighted by Crippen LogP contribution is -2.10. The van der Waals surface area contributed by atoms with Crippen LogP contribution in [0.1, 0.15) is 40.7 Å². The van der Waals surface area contributed by atoms with Crippen molar-refractivity contribution in [2.45, 2.75) is 30.6 Å². The molecule has 4 rings (SSSR count). The van der Waals surface area contributed by atoms with Gasteiger partial charge in [0.15, 0.2) is 6.10 Å². The fourth-order valence-electron chi connectivity index (χ4n) is 2.91. The molecule has 0 bridgehead atoms. The summed E-state index contributed by atoms with van der Waals surface area (Å²) in [6.07, 6.45) is -0.799. The highest BCUT2D eigenvalue weighted by molar-refractivity contribution is 7.98. The first-order chi connectivity index (χ1) is 15.9. The van der Waals surface area contributed by atoms with Gasteiger partial charge in [0, 0.05) is 28.7 Å². The number of nitro groups is 1. The van der Waals surface area contributed by atoms with Gasteiger partial charge < -0.3 is 13.7 Å². The lowest BCUT2D eigenvalue weighted by atomic mass is 10.2. The summed E-state index contributed by atoms with van der Waals surface area (Å²) >= 11 is 1.44. The van der Waals surface area contributed by atoms with Crippen LogP contribution in [-0.4, -0.2) is 26.2 Å². The highest BCUT2D eigenvalue weighted by atomic mass is 32.2. The van der Waals surface area contributed by atoms with Crippen molar-refractivity contribution in [3.8, 4) is 11.5 Å². The summed E-state index contributed by atoms with van der Waals surface area (Å²) in [5, 5.41) is 22.6. The van der Waals surface area contributed by atoms with Crippen molar-refractivity contribution < 1.29 is 23.4 Å². The number of aryl methyl sites for hydroxylation is 1. The molecule has 1 unspecified atom stereocenters. The largest absolute Gasteiger partial charge is 0.449 e. The van der Waals surface area contributed by atoms with Gasteiger partial charge in [-0.2, -0.15) is 0 Å². The summed E-state index contributed by atoms with van der Waals surface area (Å²) in [4.78, 5) is 23.9. The third-order valence-corrected chi connectivity index (χ3v) is 5.65. The van der Waals surface area contributed by atoms with Gasteiger partial charge in [-0.1, -0.05) is 17.3 Å². The summed E-state index contributed by atoms with van der Waals surface area (Å²) in [6, 6.07) is 14.6. The molecule has 1 atom stereocenters. The molecule has 11 heteroatoms. The molecule has 0 amide bonds. The third-order valence-electron chi connectivity index (χ3n) is 4.55. The van der Waals surface area contributed by atoms with Crippen LogP contribution in [0.2, 0.25) is 0 Å². The van der Waals surface area contributed by atoms with Gasteiger partial charge in [0.2, 0.25) is 5.89 Å². The first-order valence-corrected chi connectivity index (χ1v) is 10.8. The fourth-order valence-corrected chi connectivity index (χ4v) is 3.83. The van der Waals surface area contributed by atoms with Gasteiger partial charge in [-0.3, -0.25) is 10.1 Å². The minimum absolute atomic E-state index is 0.0456. The number of carbonyl (C=O) groups excluding carboxylic acids is 1. The number of rotatable bonds is 8. The first-order valence-electron chi connectivity index (χ1n) is 9.84. The predicted molar refractivity (Wildman–Crippen MR) is 117 cm³/mol. The Hall–Kier alpha value is -3.99. The van der Waals surface area contributed by atoms with E-state index in [0.29, 0.717) is 22.6 Å². The zero-order valence-electron chi connectivity index (χ0n) is 17.6. The summed E-state index contributed by atoms with van der Waals surface area (Å²) in [6.45, 7) is 3.47. The number of benzene rings is 2. The molecule has 4 aromatic rings. The maximum atomic E-state index is 12.8. The molecule has 2 heterocycles. The number of nitrogens with zero attached hydrogens (tertiary/aromatic N) is 4. The Kier molecular flexibility index (Phi) is 6.50. The van der Waals surface area contributed by atoms with Crippen molar-refractivity contribution in [2.24, 2.45) is 0 Å². The van der Waals surface area contributed by atoms with E-state index in [9.17, 15) is 14.9 Å². The second kappa shape index (κ2) is 9.65. The number of non-ortho nitro benzene ring substituents is 1. The van der Waals surface area contributed by atoms with Gasteiger partial charge in [0.1, 0.15) is 5.76 Å². The molecule has 33 heavy (non-hydrogen) atoms. The van der Waals surface area contributed by atoms with Crippen molar-refractivity contribution >= 4 is 23.4 Å². The number of aromatic nitrogens is 3. The van der Waals surface area contributed by atoms with Gasteiger partial charge >= 0.3 is 5.97 Å². The van der Waals surface area contributed by atoms with E-state index >= 15 is 0 Å². The van der Waals surface area contributed by atoms with Gasteiger partial charge in [-0.15, -0.1) is 22.0 Å². The van der Waals surface area contributed by atoms with E-state index in [1.54, 1.807) is 19.1 Å². The topological polar surface area (TPSA) is 134 Å². The van der Waals surface area contributed by atoms with E-state index in [2.05, 4.69) is 15.4 Å². The van der Waals surface area contributed by atoms with Gasteiger partial charge in [0.25, 0.3) is 11.6 Å². The highest BCUT2D eigenvalue weighted by Gasteiger charge is 2.22. The molecule has 0 spiro atoms. The van der Waals surface area contributed by atoms with Gasteiger partial charge in [-0.05, 0) is 38.1 Å². The second-order valence-electron chi connectivity index (χ2n) is 7.02. The Bertz CT molecular complexity index is 1280. The molecule has 0 N–H and O–H groups in total. The third kappa shape index (κ3) is 5.26. The Morgan fingerprint density at radius 3 is 2.64 bits per heavy atom. The lowest BCUT2D eigenvalue weighted by molar-refractivity contribution is -0.384. The summed E-state index contributed by atoms with van der Waals surface area (Å²) in [7, 11) is 0. The first kappa shape index (κ1) is 22.2. The van der Waals surface area contributed by atoms with Crippen molar-refractivity contribution in [2.75, 3.05) is 0 Å². The molecule has 0 aliphatic heterocycles. The van der Waals surface area contributed by atoms with Crippen LogP contribution in [-0.2, 0) is 10.5 Å². The van der Waals surface area contributed by atoms with Crippen molar-refractivity contribution in [1.82, 2.24) is 15.4 Å². The van der Waals surface area contributed by atoms with E-state index in [4.69, 9.17) is 13.7 Å². The number of hydrogen-bond acceptors (Lipinski definition) is 10. The number of esters is 1. The molecule has 168 valence electrons. The predicted octanol–water partition coefficient (Wildman–Crippen LogP) is 5.15. The summed E-state index contributed by atoms with van der Waals surface area (Å²) in [5.41, 5.74) is 1.67. The van der Waals surface area contributed by atoms with Crippen molar-refractivity contribution in [1.29, 1.82) is 0 Å². The number of thioether (sulfide) groups is 1. The minimum atomic E-state index is -0.799. The second-order valence-corrected chi connectivity index (χ2v) is 8.03. The SMILES string of the molecule is Cc1cc(CSc2ccccc2C(=O)OC(C)c2nnc(-c3ccc([N+](=O)[O-])cc3)o2)on1. The number of carbonyl (C=O) groups is 1. The molecule has 0 saturated heterocycles. The van der Waals surface area contributed by atoms with E-state index in [1.165, 1.54) is 36.0 Å². The van der Waals surface area contributed by atoms with Gasteiger partial charge in [0.05, 0.1) is 21.9 Å². The maximum Gasteiger partial charge on any atom is 0.340 e. The van der Waals surface area contributed by atoms with E-state index in [-0.39, 0.29) is 17.5 Å². The lowest BCUT2D eigenvalue weighted by Gasteiger charge is -2.12. The maximum absolute atomic E-state index is 12.8. The molecule has 0 radical (unpaired) electrons. The Morgan fingerprint density at radius 2 is 1.94 bits per heavy atom. The fraction of sp³-hybridized carbons (Fsp3) is 0.182. The summed E-state index contributed by atoms with van der Waals surface area (Å²) in [5.74, 6) is 0.969. The average molecular weight is 466 g/mol. The minimum Gasteiger partial charge on any atom is -0.449 e. The van der Waals surface area contributed by atoms with Crippen molar-refractivity contribution in [3.05, 3.63) is 87.6 Å². The molecule has 0 saturated carbocycles. The van der Waals surface area contributed by atoms with Gasteiger partial charge in [-0.25, -0.2) is 4.79 Å². The number of hydrogen-bond donors (Lipinski definition) is 0. The highest BCUT2D eigenvalue weighted by Crippen LogP contribution is 2.29. The quantitative estimate of drug-likeness (QED) is 0.148. The standard InChI is InChI=1S/C22H18N4O6S/c1-13-11-17(32-25-13)12-33-19-6-4-3-5-18(19)22(27)30-14(2)20-23-24-21(31-20)15-7-9-16(10-8-15)26(28)29/h3-11,14H,12H2,1-2H3. The Labute approximate surface area is 192 Å². The van der Waals surface area contributed by atoms with Crippen LogP contribution in [0.25, 0.3) is 11.5 Å². The molecule has 0 aliphatic rings. The van der Waals surface area contributed by atoms with Crippen LogP contribution in [0, 0.1) is 17.0 Å². The van der Waals surface area contributed by atoms with E-state index in [1.807, 2.05) is 25.1 Å². The van der Waals surface area contributed by atoms with Crippen LogP contribution < -0.4 is 0 Å². The average Bonchev–Trinajstić information content (AvgIpc) is 3.47. The Morgan fingerprint density at radius 1 is 1.18 bits per heavy atom. The monoisotopic (exact) mass is 466 g/mol. The van der Waals surface area contributed by atoms with Crippen molar-refractivity contribution in [3.63, 3.8) is 0 Å². The summed E-state index contributed by atoms with van der Waals surface area (Å²) < 4.78 is 16.4. The molecule has 2 aromatic heterocycles. The Balaban J connectivity index is 1.43. The van der Waals surface area contributed by atoms with Crippen LogP contribution in [0.4, 0.5) is 5.69 Å². The van der Waals surface area contributed by atoms with Crippen LogP contribution in [0.3, 0.4) is 0 Å². The molecule has 0 aliphatic carbocycles. The zero-order chi connectivity index (χ0) is 23.4. The van der Waals surface area contributed by atoms with Crippen LogP contribution in [0.15, 0.2) is 68.4 Å². The van der Waals surface area contributed by atoms with Crippen LogP contribution in [0.5, 0.6) is 0 Å². The van der Waals surface area contributed by atoms with E-state index < -0.39 is 17.0 Å². The number of ether oxygens (including phenoxy) is 1. The molecule has 0 fully saturated rings. The molecular weight excluding hydrogens is 448 g/mol. The molecule has 10 nitrogen and oxygen atoms in total. The molecule has 2 aromatic carbocycles. The number of nitro benzene ring substituents is 1. The molecular formula is C22H18N4O6S. The smallest absolute Gasteiger partial charge is 0.340 e. The zero-order valence-corrected chi connectivity index (χ0v) is 18.4. The van der Waals surface area contributed by atoms with E-state index in [0.717, 1.165) is 10.6 Å². The normalized spacial score (nSPS) is 11.8.